The molecule has 94 valence electrons. The molecule has 1 N–H and O–H groups in total. The zero-order valence-corrected chi connectivity index (χ0v) is 11.6. The van der Waals surface area contributed by atoms with Gasteiger partial charge in [-0.2, -0.15) is 0 Å². The van der Waals surface area contributed by atoms with Gasteiger partial charge in [0.1, 0.15) is 5.75 Å². The maximum Gasteiger partial charge on any atom is 0.261 e. The Bertz CT molecular complexity index is 551. The molecule has 0 aliphatic heterocycles. The predicted octanol–water partition coefficient (Wildman–Crippen LogP) is 2.98. The van der Waals surface area contributed by atoms with Crippen molar-refractivity contribution < 1.29 is 9.53 Å². The van der Waals surface area contributed by atoms with Crippen molar-refractivity contribution in [2.75, 3.05) is 7.11 Å². The Kier molecular flexibility index (Phi) is 4.28. The fraction of sp³-hybridized carbons (Fsp3) is 0.154. The summed E-state index contributed by atoms with van der Waals surface area (Å²) in [6.45, 7) is 0.447. The van der Waals surface area contributed by atoms with Crippen molar-refractivity contribution in [2.45, 2.75) is 11.4 Å². The van der Waals surface area contributed by atoms with E-state index in [1.165, 1.54) is 11.3 Å². The normalized spacial score (nSPS) is 10.1. The van der Waals surface area contributed by atoms with E-state index >= 15 is 0 Å². The van der Waals surface area contributed by atoms with Crippen molar-refractivity contribution in [3.63, 3.8) is 0 Å². The number of hydrogen-bond acceptors (Lipinski definition) is 4. The molecule has 18 heavy (non-hydrogen) atoms. The maximum absolute atomic E-state index is 11.9. The molecule has 0 fully saturated rings. The van der Waals surface area contributed by atoms with E-state index in [4.69, 9.17) is 4.74 Å². The minimum Gasteiger partial charge on any atom is -0.496 e. The lowest BCUT2D eigenvalue weighted by Gasteiger charge is -2.08. The summed E-state index contributed by atoms with van der Waals surface area (Å²) < 4.78 is 5.23. The van der Waals surface area contributed by atoms with Crippen molar-refractivity contribution in [2.24, 2.45) is 0 Å². The van der Waals surface area contributed by atoms with Gasteiger partial charge in [-0.25, -0.2) is 0 Å². The van der Waals surface area contributed by atoms with Crippen molar-refractivity contribution in [1.82, 2.24) is 5.32 Å². The minimum atomic E-state index is -0.0915. The van der Waals surface area contributed by atoms with Crippen LogP contribution in [0.3, 0.4) is 0 Å². The molecule has 0 atom stereocenters. The van der Waals surface area contributed by atoms with E-state index < -0.39 is 0 Å². The van der Waals surface area contributed by atoms with Crippen molar-refractivity contribution in [3.8, 4) is 5.75 Å². The van der Waals surface area contributed by atoms with E-state index in [0.29, 0.717) is 11.4 Å². The van der Waals surface area contributed by atoms with Crippen molar-refractivity contribution in [1.29, 1.82) is 0 Å². The number of ether oxygens (including phenoxy) is 1. The molecule has 2 aromatic rings. The van der Waals surface area contributed by atoms with E-state index in [1.54, 1.807) is 13.2 Å². The molecule has 0 saturated heterocycles. The first kappa shape index (κ1) is 13.0. The average molecular weight is 279 g/mol. The smallest absolute Gasteiger partial charge is 0.261 e. The van der Waals surface area contributed by atoms with Crippen LogP contribution in [0.15, 0.2) is 40.6 Å². The Balaban J connectivity index is 2.01. The Morgan fingerprint density at radius 2 is 2.22 bits per heavy atom. The molecule has 1 aromatic heterocycles. The number of thiophene rings is 1. The Morgan fingerprint density at radius 1 is 1.44 bits per heavy atom. The minimum absolute atomic E-state index is 0.0915. The monoisotopic (exact) mass is 279 g/mol. The van der Waals surface area contributed by atoms with Crippen LogP contribution in [-0.2, 0) is 6.54 Å². The molecule has 5 heteroatoms. The van der Waals surface area contributed by atoms with Crippen LogP contribution in [-0.4, -0.2) is 13.0 Å². The molecule has 1 heterocycles. The SMILES string of the molecule is COc1ccccc1CNC(=O)c1cc(S)cs1. The lowest BCUT2D eigenvalue weighted by Crippen LogP contribution is -2.22. The molecule has 0 spiro atoms. The quantitative estimate of drug-likeness (QED) is 0.844. The van der Waals surface area contributed by atoms with Crippen molar-refractivity contribution in [3.05, 3.63) is 46.2 Å². The molecule has 0 aliphatic rings. The lowest BCUT2D eigenvalue weighted by atomic mass is 10.2. The highest BCUT2D eigenvalue weighted by molar-refractivity contribution is 7.80. The van der Waals surface area contributed by atoms with Crippen LogP contribution >= 0.6 is 24.0 Å². The van der Waals surface area contributed by atoms with E-state index in [-0.39, 0.29) is 5.91 Å². The number of hydrogen-bond donors (Lipinski definition) is 2. The molecule has 0 saturated carbocycles. The van der Waals surface area contributed by atoms with Crippen LogP contribution in [0.1, 0.15) is 15.2 Å². The predicted molar refractivity (Wildman–Crippen MR) is 75.7 cm³/mol. The van der Waals surface area contributed by atoms with Crippen LogP contribution in [0.4, 0.5) is 0 Å². The molecule has 0 radical (unpaired) electrons. The topological polar surface area (TPSA) is 38.3 Å². The van der Waals surface area contributed by atoms with E-state index in [1.807, 2.05) is 29.6 Å². The summed E-state index contributed by atoms with van der Waals surface area (Å²) in [6.07, 6.45) is 0. The van der Waals surface area contributed by atoms with Crippen LogP contribution in [0, 0.1) is 0 Å². The molecular weight excluding hydrogens is 266 g/mol. The fourth-order valence-electron chi connectivity index (χ4n) is 1.56. The molecular formula is C13H13NO2S2. The molecule has 2 rings (SSSR count). The second-order valence-corrected chi connectivity index (χ2v) is 5.09. The summed E-state index contributed by atoms with van der Waals surface area (Å²) in [6, 6.07) is 9.37. The van der Waals surface area contributed by atoms with Crippen LogP contribution in [0.5, 0.6) is 5.75 Å². The van der Waals surface area contributed by atoms with Gasteiger partial charge in [0.15, 0.2) is 0 Å². The standard InChI is InChI=1S/C13H13NO2S2/c1-16-11-5-3-2-4-9(11)7-14-13(15)12-6-10(17)8-18-12/h2-6,8,17H,7H2,1H3,(H,14,15). The molecule has 0 bridgehead atoms. The number of amides is 1. The third-order valence-electron chi connectivity index (χ3n) is 2.44. The summed E-state index contributed by atoms with van der Waals surface area (Å²) >= 11 is 5.56. The highest BCUT2D eigenvalue weighted by atomic mass is 32.1. The number of nitrogens with one attached hydrogen (secondary N) is 1. The number of thiol groups is 1. The van der Waals surface area contributed by atoms with Gasteiger partial charge < -0.3 is 10.1 Å². The summed E-state index contributed by atoms with van der Waals surface area (Å²) in [7, 11) is 1.62. The van der Waals surface area contributed by atoms with Crippen molar-refractivity contribution >= 4 is 29.9 Å². The van der Waals surface area contributed by atoms with Gasteiger partial charge in [0.25, 0.3) is 5.91 Å². The van der Waals surface area contributed by atoms with Gasteiger partial charge >= 0.3 is 0 Å². The third-order valence-corrected chi connectivity index (χ3v) is 3.80. The van der Waals surface area contributed by atoms with E-state index in [0.717, 1.165) is 16.2 Å². The number of para-hydroxylation sites is 1. The van der Waals surface area contributed by atoms with Gasteiger partial charge in [-0.05, 0) is 12.1 Å². The first-order valence-electron chi connectivity index (χ1n) is 5.38. The first-order valence-corrected chi connectivity index (χ1v) is 6.71. The Hall–Kier alpha value is -1.46. The number of methoxy groups -OCH3 is 1. The largest absolute Gasteiger partial charge is 0.496 e. The highest BCUT2D eigenvalue weighted by Gasteiger charge is 2.09. The molecule has 3 nitrogen and oxygen atoms in total. The van der Waals surface area contributed by atoms with Gasteiger partial charge in [0.2, 0.25) is 0 Å². The molecule has 0 aliphatic carbocycles. The highest BCUT2D eigenvalue weighted by Crippen LogP contribution is 2.19. The maximum atomic E-state index is 11.9. The van der Waals surface area contributed by atoms with E-state index in [2.05, 4.69) is 17.9 Å². The molecule has 0 unspecified atom stereocenters. The fourth-order valence-corrected chi connectivity index (χ4v) is 2.62. The van der Waals surface area contributed by atoms with Gasteiger partial charge in [0.05, 0.1) is 12.0 Å². The van der Waals surface area contributed by atoms with E-state index in [9.17, 15) is 4.79 Å². The molecule has 1 aromatic carbocycles. The van der Waals surface area contributed by atoms with Crippen LogP contribution in [0.2, 0.25) is 0 Å². The lowest BCUT2D eigenvalue weighted by molar-refractivity contribution is 0.0954. The number of carbonyl (C=O) groups excluding carboxylic acids is 1. The zero-order valence-electron chi connectivity index (χ0n) is 9.84. The average Bonchev–Trinajstić information content (AvgIpc) is 2.83. The summed E-state index contributed by atoms with van der Waals surface area (Å²) in [5.74, 6) is 0.685. The second-order valence-electron chi connectivity index (χ2n) is 3.66. The van der Waals surface area contributed by atoms with Crippen LogP contribution < -0.4 is 10.1 Å². The third kappa shape index (κ3) is 3.05. The Labute approximate surface area is 115 Å². The second kappa shape index (κ2) is 5.93. The number of carbonyl (C=O) groups is 1. The van der Waals surface area contributed by atoms with Gasteiger partial charge in [-0.1, -0.05) is 18.2 Å². The summed E-state index contributed by atoms with van der Waals surface area (Å²) in [5, 5.41) is 4.70. The number of benzene rings is 1. The summed E-state index contributed by atoms with van der Waals surface area (Å²) in [5.41, 5.74) is 0.955. The van der Waals surface area contributed by atoms with Gasteiger partial charge in [0, 0.05) is 22.4 Å². The summed E-state index contributed by atoms with van der Waals surface area (Å²) in [4.78, 5) is 13.3. The zero-order chi connectivity index (χ0) is 13.0. The Morgan fingerprint density at radius 3 is 2.89 bits per heavy atom. The molecule has 1 amide bonds. The van der Waals surface area contributed by atoms with Gasteiger partial charge in [-0.3, -0.25) is 4.79 Å². The number of rotatable bonds is 4. The van der Waals surface area contributed by atoms with Crippen LogP contribution in [0.25, 0.3) is 0 Å². The first-order chi connectivity index (χ1) is 8.70. The van der Waals surface area contributed by atoms with Gasteiger partial charge in [-0.15, -0.1) is 24.0 Å².